The van der Waals surface area contributed by atoms with Gasteiger partial charge in [0.1, 0.15) is 0 Å². The highest BCUT2D eigenvalue weighted by molar-refractivity contribution is 14.1. The van der Waals surface area contributed by atoms with Crippen LogP contribution < -0.4 is 0 Å². The second-order valence-corrected chi connectivity index (χ2v) is 5.96. The fraction of sp³-hybridized carbons (Fsp3) is 0.750. The third-order valence-corrected chi connectivity index (χ3v) is 1.87. The van der Waals surface area contributed by atoms with E-state index >= 15 is 0 Å². The van der Waals surface area contributed by atoms with Gasteiger partial charge in [-0.25, -0.2) is 4.39 Å². The van der Waals surface area contributed by atoms with Gasteiger partial charge in [0.2, 0.25) is 0 Å². The summed E-state index contributed by atoms with van der Waals surface area (Å²) in [6, 6.07) is 0. The van der Waals surface area contributed by atoms with Crippen LogP contribution in [0.15, 0.2) is 0 Å². The van der Waals surface area contributed by atoms with Crippen LogP contribution in [0.3, 0.4) is 0 Å². The Balaban J connectivity index is 4.06. The molecule has 0 radical (unpaired) electrons. The number of carbonyl (C=O) groups excluding carboxylic acids is 1. The molecule has 5 heteroatoms. The maximum Gasteiger partial charge on any atom is 0.194 e. The Morgan fingerprint density at radius 2 is 2.11 bits per heavy atom. The summed E-state index contributed by atoms with van der Waals surface area (Å²) < 4.78 is 12.3. The SMILES string of the molecule is CC(I)C(=O)C(F)(P)P. The minimum Gasteiger partial charge on any atom is -0.294 e. The van der Waals surface area contributed by atoms with Crippen molar-refractivity contribution < 1.29 is 9.18 Å². The topological polar surface area (TPSA) is 17.1 Å². The molecule has 0 aliphatic carbocycles. The fourth-order valence-electron chi connectivity index (χ4n) is 0.305. The molecule has 0 aromatic heterocycles. The molecule has 1 nitrogen and oxygen atoms in total. The molecule has 54 valence electrons. The smallest absolute Gasteiger partial charge is 0.194 e. The lowest BCUT2D eigenvalue weighted by Crippen LogP contribution is -2.25. The summed E-state index contributed by atoms with van der Waals surface area (Å²) in [5.41, 5.74) is 0. The van der Waals surface area contributed by atoms with Gasteiger partial charge in [-0.3, -0.25) is 4.79 Å². The lowest BCUT2D eigenvalue weighted by Gasteiger charge is -2.12. The zero-order valence-electron chi connectivity index (χ0n) is 4.90. The predicted octanol–water partition coefficient (Wildman–Crippen LogP) is 1.75. The number of ketones is 1. The monoisotopic (exact) mass is 280 g/mol. The van der Waals surface area contributed by atoms with Crippen LogP contribution in [0.25, 0.3) is 0 Å². The van der Waals surface area contributed by atoms with E-state index in [1.165, 1.54) is 0 Å². The van der Waals surface area contributed by atoms with Gasteiger partial charge in [-0.1, -0.05) is 41.1 Å². The summed E-state index contributed by atoms with van der Waals surface area (Å²) in [5.74, 6) is -0.418. The highest BCUT2D eigenvalue weighted by Crippen LogP contribution is 2.31. The van der Waals surface area contributed by atoms with Crippen molar-refractivity contribution in [2.45, 2.75) is 16.0 Å². The van der Waals surface area contributed by atoms with Gasteiger partial charge in [-0.2, -0.15) is 0 Å². The molecule has 9 heavy (non-hydrogen) atoms. The normalized spacial score (nSPS) is 15.2. The average Bonchev–Trinajstić information content (AvgIpc) is 1.62. The second-order valence-electron chi connectivity index (χ2n) is 1.75. The molecule has 0 spiro atoms. The molecule has 0 rings (SSSR count). The van der Waals surface area contributed by atoms with Crippen molar-refractivity contribution in [2.75, 3.05) is 0 Å². The molecule has 0 aromatic carbocycles. The Morgan fingerprint density at radius 1 is 1.78 bits per heavy atom. The molecule has 0 bridgehead atoms. The molecule has 0 aliphatic heterocycles. The Bertz CT molecular complexity index is 120. The first-order valence-electron chi connectivity index (χ1n) is 2.30. The second kappa shape index (κ2) is 3.54. The van der Waals surface area contributed by atoms with Crippen LogP contribution in [-0.2, 0) is 4.79 Å². The fourth-order valence-corrected chi connectivity index (χ4v) is 1.96. The third kappa shape index (κ3) is 3.79. The average molecular weight is 280 g/mol. The first-order valence-corrected chi connectivity index (χ1v) is 4.71. The van der Waals surface area contributed by atoms with Crippen molar-refractivity contribution in [3.63, 3.8) is 0 Å². The molecule has 0 amide bonds. The Morgan fingerprint density at radius 3 is 2.11 bits per heavy atom. The number of Topliss-reactive ketones (excluding diaryl/α,β-unsaturated/α-hetero) is 1. The van der Waals surface area contributed by atoms with Gasteiger partial charge < -0.3 is 0 Å². The van der Waals surface area contributed by atoms with E-state index < -0.39 is 10.9 Å². The molecule has 3 atom stereocenters. The first-order chi connectivity index (χ1) is 3.85. The van der Waals surface area contributed by atoms with E-state index in [-0.39, 0.29) is 3.92 Å². The van der Waals surface area contributed by atoms with Crippen LogP contribution >= 0.6 is 41.1 Å². The minimum absolute atomic E-state index is 0.275. The number of alkyl halides is 2. The van der Waals surface area contributed by atoms with Gasteiger partial charge in [0.05, 0.1) is 3.92 Å². The lowest BCUT2D eigenvalue weighted by molar-refractivity contribution is -0.121. The van der Waals surface area contributed by atoms with Gasteiger partial charge in [-0.15, -0.1) is 0 Å². The standard InChI is InChI=1S/C4H8FIOP2/c1-2(6)3(7)4(5,8)9/h2H,8-9H2,1H3. The van der Waals surface area contributed by atoms with Crippen molar-refractivity contribution in [2.24, 2.45) is 0 Å². The van der Waals surface area contributed by atoms with E-state index in [2.05, 4.69) is 0 Å². The van der Waals surface area contributed by atoms with E-state index in [0.717, 1.165) is 0 Å². The van der Waals surface area contributed by atoms with Crippen LogP contribution in [0.5, 0.6) is 0 Å². The Labute approximate surface area is 72.1 Å². The van der Waals surface area contributed by atoms with Crippen molar-refractivity contribution in [3.8, 4) is 0 Å². The minimum atomic E-state index is -1.83. The molecular formula is C4H8FIOP2. The van der Waals surface area contributed by atoms with Crippen LogP contribution in [0, 0.1) is 0 Å². The largest absolute Gasteiger partial charge is 0.294 e. The molecule has 0 fully saturated rings. The Hall–Kier alpha value is 1.19. The summed E-state index contributed by atoms with van der Waals surface area (Å²) in [5, 5.41) is -1.83. The zero-order chi connectivity index (χ0) is 7.65. The molecule has 3 unspecified atom stereocenters. The van der Waals surface area contributed by atoms with Gasteiger partial charge in [0, 0.05) is 0 Å². The van der Waals surface area contributed by atoms with E-state index in [9.17, 15) is 9.18 Å². The van der Waals surface area contributed by atoms with Crippen molar-refractivity contribution in [3.05, 3.63) is 0 Å². The highest BCUT2D eigenvalue weighted by Gasteiger charge is 2.29. The van der Waals surface area contributed by atoms with Crippen LogP contribution in [0.1, 0.15) is 6.92 Å². The summed E-state index contributed by atoms with van der Waals surface area (Å²) in [6.45, 7) is 1.66. The van der Waals surface area contributed by atoms with Crippen LogP contribution in [0.2, 0.25) is 0 Å². The van der Waals surface area contributed by atoms with Gasteiger partial charge in [0.25, 0.3) is 0 Å². The number of carbonyl (C=O) groups is 1. The predicted molar refractivity (Wildman–Crippen MR) is 51.7 cm³/mol. The van der Waals surface area contributed by atoms with Gasteiger partial charge in [-0.05, 0) is 6.92 Å². The highest BCUT2D eigenvalue weighted by atomic mass is 127. The Kier molecular flexibility index (Phi) is 4.01. The summed E-state index contributed by atoms with van der Waals surface area (Å²) >= 11 is 1.88. The number of hydrogen-bond donors (Lipinski definition) is 0. The number of hydrogen-bond acceptors (Lipinski definition) is 1. The molecular weight excluding hydrogens is 272 g/mol. The maximum absolute atomic E-state index is 12.6. The van der Waals surface area contributed by atoms with Crippen molar-refractivity contribution >= 4 is 46.9 Å². The molecule has 0 saturated carbocycles. The van der Waals surface area contributed by atoms with E-state index in [1.54, 1.807) is 6.92 Å². The van der Waals surface area contributed by atoms with Crippen molar-refractivity contribution in [1.29, 1.82) is 0 Å². The quantitative estimate of drug-likeness (QED) is 0.428. The molecule has 0 N–H and O–H groups in total. The van der Waals surface area contributed by atoms with E-state index in [1.807, 2.05) is 41.1 Å². The lowest BCUT2D eigenvalue weighted by atomic mass is 10.3. The summed E-state index contributed by atoms with van der Waals surface area (Å²) in [4.78, 5) is 10.7. The van der Waals surface area contributed by atoms with Crippen molar-refractivity contribution in [1.82, 2.24) is 0 Å². The summed E-state index contributed by atoms with van der Waals surface area (Å²) in [7, 11) is 3.68. The van der Waals surface area contributed by atoms with Crippen LogP contribution in [-0.4, -0.2) is 14.9 Å². The van der Waals surface area contributed by atoms with E-state index in [4.69, 9.17) is 0 Å². The molecule has 0 aliphatic rings. The van der Waals surface area contributed by atoms with Gasteiger partial charge >= 0.3 is 0 Å². The van der Waals surface area contributed by atoms with Crippen LogP contribution in [0.4, 0.5) is 4.39 Å². The zero-order valence-corrected chi connectivity index (χ0v) is 9.36. The molecule has 0 saturated heterocycles. The molecule has 0 aromatic rings. The number of rotatable bonds is 2. The number of halogens is 2. The third-order valence-electron chi connectivity index (χ3n) is 0.739. The summed E-state index contributed by atoms with van der Waals surface area (Å²) in [6.07, 6.45) is 0. The van der Waals surface area contributed by atoms with E-state index in [0.29, 0.717) is 0 Å². The molecule has 0 heterocycles. The maximum atomic E-state index is 12.6. The van der Waals surface area contributed by atoms with Gasteiger partial charge in [0.15, 0.2) is 10.9 Å². The first kappa shape index (κ1) is 10.2.